The Bertz CT molecular complexity index is 945. The number of aromatic nitrogens is 2. The summed E-state index contributed by atoms with van der Waals surface area (Å²) in [6, 6.07) is 12.0. The Kier molecular flexibility index (Phi) is 5.24. The van der Waals surface area contributed by atoms with Crippen LogP contribution in [0.5, 0.6) is 11.5 Å². The zero-order valence-corrected chi connectivity index (χ0v) is 16.5. The third-order valence-corrected chi connectivity index (χ3v) is 5.67. The number of benzene rings is 1. The smallest absolute Gasteiger partial charge is 0.165 e. The van der Waals surface area contributed by atoms with E-state index in [1.807, 2.05) is 30.5 Å². The Morgan fingerprint density at radius 3 is 2.64 bits per heavy atom. The summed E-state index contributed by atoms with van der Waals surface area (Å²) >= 11 is 0. The lowest BCUT2D eigenvalue weighted by molar-refractivity contribution is -0.0350. The Morgan fingerprint density at radius 2 is 1.89 bits per heavy atom. The number of pyridine rings is 1. The molecule has 148 valence electrons. The number of aliphatic hydroxyl groups is 1. The maximum absolute atomic E-state index is 11.2. The maximum atomic E-state index is 11.2. The number of nitrogens with zero attached hydrogens (tertiary/aromatic N) is 3. The van der Waals surface area contributed by atoms with Gasteiger partial charge in [-0.3, -0.25) is 9.88 Å². The highest BCUT2D eigenvalue weighted by atomic mass is 16.5. The van der Waals surface area contributed by atoms with Crippen LogP contribution in [-0.2, 0) is 13.1 Å². The van der Waals surface area contributed by atoms with Crippen molar-refractivity contribution in [1.29, 1.82) is 0 Å². The van der Waals surface area contributed by atoms with Crippen molar-refractivity contribution in [3.8, 4) is 11.5 Å². The van der Waals surface area contributed by atoms with Gasteiger partial charge >= 0.3 is 0 Å². The lowest BCUT2D eigenvalue weighted by Gasteiger charge is -2.38. The van der Waals surface area contributed by atoms with Crippen LogP contribution < -0.4 is 9.47 Å². The van der Waals surface area contributed by atoms with Gasteiger partial charge in [-0.1, -0.05) is 12.1 Å². The molecule has 1 aromatic carbocycles. The molecule has 28 heavy (non-hydrogen) atoms. The number of fused-ring (bicyclic) bond motifs is 1. The molecular formula is C22H27N3O3. The molecule has 0 spiro atoms. The molecule has 3 heterocycles. The van der Waals surface area contributed by atoms with Gasteiger partial charge in [0.25, 0.3) is 0 Å². The van der Waals surface area contributed by atoms with E-state index in [0.29, 0.717) is 6.54 Å². The van der Waals surface area contributed by atoms with E-state index >= 15 is 0 Å². The average Bonchev–Trinajstić information content (AvgIpc) is 3.12. The molecule has 2 aromatic heterocycles. The van der Waals surface area contributed by atoms with Gasteiger partial charge in [0.2, 0.25) is 0 Å². The highest BCUT2D eigenvalue weighted by molar-refractivity contribution is 5.75. The summed E-state index contributed by atoms with van der Waals surface area (Å²) in [7, 11) is 3.33. The number of hydrogen-bond donors (Lipinski definition) is 1. The predicted molar refractivity (Wildman–Crippen MR) is 109 cm³/mol. The van der Waals surface area contributed by atoms with Gasteiger partial charge in [0.05, 0.1) is 37.4 Å². The van der Waals surface area contributed by atoms with Gasteiger partial charge in [-0.05, 0) is 37.1 Å². The van der Waals surface area contributed by atoms with Crippen molar-refractivity contribution in [2.75, 3.05) is 27.3 Å². The largest absolute Gasteiger partial charge is 0.493 e. The third-order valence-electron chi connectivity index (χ3n) is 5.67. The molecule has 3 aromatic rings. The van der Waals surface area contributed by atoms with Gasteiger partial charge in [0, 0.05) is 37.6 Å². The summed E-state index contributed by atoms with van der Waals surface area (Å²) in [6.07, 6.45) is 5.29. The molecule has 1 aliphatic rings. The fourth-order valence-electron chi connectivity index (χ4n) is 4.08. The summed E-state index contributed by atoms with van der Waals surface area (Å²) in [5.74, 6) is 1.54. The fraction of sp³-hybridized carbons (Fsp3) is 0.409. The molecule has 1 aliphatic heterocycles. The van der Waals surface area contributed by atoms with E-state index in [9.17, 15) is 5.11 Å². The van der Waals surface area contributed by atoms with E-state index in [1.165, 1.54) is 0 Å². The van der Waals surface area contributed by atoms with E-state index in [4.69, 9.17) is 9.47 Å². The average molecular weight is 381 g/mol. The molecule has 0 bridgehead atoms. The second-order valence-corrected chi connectivity index (χ2v) is 7.50. The van der Waals surface area contributed by atoms with Crippen molar-refractivity contribution >= 4 is 11.0 Å². The number of likely N-dealkylation sites (tertiary alicyclic amines) is 1. The maximum Gasteiger partial charge on any atom is 0.165 e. The number of methoxy groups -OCH3 is 2. The molecule has 0 radical (unpaired) electrons. The molecule has 0 atom stereocenters. The minimum absolute atomic E-state index is 0.596. The monoisotopic (exact) mass is 381 g/mol. The van der Waals surface area contributed by atoms with Crippen molar-refractivity contribution < 1.29 is 14.6 Å². The van der Waals surface area contributed by atoms with Crippen molar-refractivity contribution in [1.82, 2.24) is 14.5 Å². The summed E-state index contributed by atoms with van der Waals surface area (Å²) in [5, 5.41) is 11.2. The molecule has 1 saturated heterocycles. The standard InChI is InChI=1S/C22H27N3O3/c1-27-20-7-3-5-17(21(20)28-2)15-24-13-9-22(26,10-14-24)16-25-12-8-18-19(25)6-4-11-23-18/h3-8,11-12,26H,9-10,13-16H2,1-2H3. The summed E-state index contributed by atoms with van der Waals surface area (Å²) in [5.41, 5.74) is 2.44. The molecule has 0 unspecified atom stereocenters. The van der Waals surface area contributed by atoms with Gasteiger partial charge in [0.15, 0.2) is 11.5 Å². The van der Waals surface area contributed by atoms with Crippen molar-refractivity contribution in [2.24, 2.45) is 0 Å². The normalized spacial score (nSPS) is 17.0. The Morgan fingerprint density at radius 1 is 1.07 bits per heavy atom. The molecule has 1 N–H and O–H groups in total. The highest BCUT2D eigenvalue weighted by Gasteiger charge is 2.33. The minimum Gasteiger partial charge on any atom is -0.493 e. The molecule has 0 saturated carbocycles. The third kappa shape index (κ3) is 3.70. The first kappa shape index (κ1) is 18.8. The molecule has 1 fully saturated rings. The first-order chi connectivity index (χ1) is 13.6. The zero-order valence-electron chi connectivity index (χ0n) is 16.5. The van der Waals surface area contributed by atoms with Crippen molar-refractivity contribution in [3.05, 3.63) is 54.4 Å². The van der Waals surface area contributed by atoms with Crippen LogP contribution in [0, 0.1) is 0 Å². The van der Waals surface area contributed by atoms with Gasteiger partial charge in [-0.25, -0.2) is 0 Å². The highest BCUT2D eigenvalue weighted by Crippen LogP contribution is 2.33. The second kappa shape index (κ2) is 7.81. The first-order valence-electron chi connectivity index (χ1n) is 9.66. The van der Waals surface area contributed by atoms with Crippen LogP contribution in [0.2, 0.25) is 0 Å². The van der Waals surface area contributed by atoms with Crippen LogP contribution in [-0.4, -0.2) is 52.5 Å². The van der Waals surface area contributed by atoms with Crippen LogP contribution in [0.25, 0.3) is 11.0 Å². The van der Waals surface area contributed by atoms with Gasteiger partial charge in [-0.2, -0.15) is 0 Å². The molecule has 0 aliphatic carbocycles. The molecule has 0 amide bonds. The lowest BCUT2D eigenvalue weighted by atomic mass is 9.91. The fourth-order valence-corrected chi connectivity index (χ4v) is 4.08. The zero-order chi connectivity index (χ0) is 19.6. The van der Waals surface area contributed by atoms with E-state index in [-0.39, 0.29) is 0 Å². The van der Waals surface area contributed by atoms with Gasteiger partial charge < -0.3 is 19.1 Å². The topological polar surface area (TPSA) is 59.8 Å². The summed E-state index contributed by atoms with van der Waals surface area (Å²) in [4.78, 5) is 6.74. The number of rotatable bonds is 6. The van der Waals surface area contributed by atoms with E-state index in [1.54, 1.807) is 20.4 Å². The minimum atomic E-state index is -0.698. The summed E-state index contributed by atoms with van der Waals surface area (Å²) in [6.45, 7) is 3.06. The quantitative estimate of drug-likeness (QED) is 0.711. The Balaban J connectivity index is 1.42. The van der Waals surface area contributed by atoms with Gasteiger partial charge in [0.1, 0.15) is 0 Å². The van der Waals surface area contributed by atoms with Crippen LogP contribution >= 0.6 is 0 Å². The van der Waals surface area contributed by atoms with Crippen LogP contribution in [0.4, 0.5) is 0 Å². The predicted octanol–water partition coefficient (Wildman–Crippen LogP) is 3.08. The first-order valence-corrected chi connectivity index (χ1v) is 9.66. The van der Waals surface area contributed by atoms with Crippen molar-refractivity contribution in [2.45, 2.75) is 31.5 Å². The molecular weight excluding hydrogens is 354 g/mol. The van der Waals surface area contributed by atoms with Crippen LogP contribution in [0.1, 0.15) is 18.4 Å². The summed E-state index contributed by atoms with van der Waals surface area (Å²) < 4.78 is 13.1. The Labute approximate surface area is 165 Å². The van der Waals surface area contributed by atoms with Gasteiger partial charge in [-0.15, -0.1) is 0 Å². The van der Waals surface area contributed by atoms with Crippen LogP contribution in [0.3, 0.4) is 0 Å². The molecule has 6 nitrogen and oxygen atoms in total. The number of hydrogen-bond acceptors (Lipinski definition) is 5. The lowest BCUT2D eigenvalue weighted by Crippen LogP contribution is -2.46. The SMILES string of the molecule is COc1cccc(CN2CCC(O)(Cn3ccc4ncccc43)CC2)c1OC. The molecule has 6 heteroatoms. The Hall–Kier alpha value is -2.57. The van der Waals surface area contributed by atoms with Crippen LogP contribution in [0.15, 0.2) is 48.8 Å². The van der Waals surface area contributed by atoms with E-state index < -0.39 is 5.60 Å². The van der Waals surface area contributed by atoms with E-state index in [0.717, 1.165) is 60.6 Å². The number of piperidine rings is 1. The van der Waals surface area contributed by atoms with Crippen molar-refractivity contribution in [3.63, 3.8) is 0 Å². The molecule has 4 rings (SSSR count). The second-order valence-electron chi connectivity index (χ2n) is 7.50. The van der Waals surface area contributed by atoms with E-state index in [2.05, 4.69) is 26.6 Å². The number of para-hydroxylation sites is 1. The number of ether oxygens (including phenoxy) is 2.